The van der Waals surface area contributed by atoms with Crippen molar-refractivity contribution >= 4 is 5.69 Å². The Labute approximate surface area is 116 Å². The minimum absolute atomic E-state index is 0.229. The highest BCUT2D eigenvalue weighted by Gasteiger charge is 2.20. The topological polar surface area (TPSA) is 35.5 Å². The van der Waals surface area contributed by atoms with Gasteiger partial charge in [0.1, 0.15) is 0 Å². The number of piperidine rings is 1. The van der Waals surface area contributed by atoms with Crippen LogP contribution in [0.4, 0.5) is 5.69 Å². The zero-order valence-electron chi connectivity index (χ0n) is 12.0. The van der Waals surface area contributed by atoms with Crippen LogP contribution in [0, 0.1) is 5.92 Å². The normalized spacial score (nSPS) is 18.8. The maximum Gasteiger partial charge on any atom is 0.0687 e. The zero-order valence-corrected chi connectivity index (χ0v) is 12.0. The second-order valence-corrected chi connectivity index (χ2v) is 5.82. The van der Waals surface area contributed by atoms with E-state index in [1.165, 1.54) is 5.69 Å². The number of hydrogen-bond acceptors (Lipinski definition) is 3. The SMILES string of the molecule is CC(C)C(O)CNC1CCN(c2ccccc2)CC1. The molecule has 0 spiro atoms. The van der Waals surface area contributed by atoms with Crippen molar-refractivity contribution in [2.75, 3.05) is 24.5 Å². The summed E-state index contributed by atoms with van der Waals surface area (Å²) < 4.78 is 0. The lowest BCUT2D eigenvalue weighted by Crippen LogP contribution is -2.45. The van der Waals surface area contributed by atoms with Gasteiger partial charge < -0.3 is 15.3 Å². The first-order valence-electron chi connectivity index (χ1n) is 7.38. The minimum Gasteiger partial charge on any atom is -0.392 e. The molecule has 1 saturated heterocycles. The molecule has 19 heavy (non-hydrogen) atoms. The van der Waals surface area contributed by atoms with E-state index in [9.17, 15) is 5.11 Å². The van der Waals surface area contributed by atoms with Crippen LogP contribution < -0.4 is 10.2 Å². The lowest BCUT2D eigenvalue weighted by molar-refractivity contribution is 0.118. The average molecular weight is 262 g/mol. The molecular formula is C16H26N2O. The highest BCUT2D eigenvalue weighted by Crippen LogP contribution is 2.19. The average Bonchev–Trinajstić information content (AvgIpc) is 2.46. The van der Waals surface area contributed by atoms with Crippen LogP contribution in [0.15, 0.2) is 30.3 Å². The van der Waals surface area contributed by atoms with Crippen LogP contribution in [-0.4, -0.2) is 36.9 Å². The Bertz CT molecular complexity index is 358. The molecule has 1 aromatic rings. The Morgan fingerprint density at radius 2 is 1.84 bits per heavy atom. The van der Waals surface area contributed by atoms with E-state index in [2.05, 4.69) is 54.4 Å². The molecule has 3 nitrogen and oxygen atoms in total. The number of hydrogen-bond donors (Lipinski definition) is 2. The monoisotopic (exact) mass is 262 g/mol. The van der Waals surface area contributed by atoms with Crippen molar-refractivity contribution in [3.8, 4) is 0 Å². The molecular weight excluding hydrogens is 236 g/mol. The molecule has 1 aliphatic heterocycles. The van der Waals surface area contributed by atoms with Gasteiger partial charge in [0.05, 0.1) is 6.10 Å². The molecule has 1 fully saturated rings. The maximum atomic E-state index is 9.81. The van der Waals surface area contributed by atoms with Gasteiger partial charge in [-0.1, -0.05) is 32.0 Å². The summed E-state index contributed by atoms with van der Waals surface area (Å²) in [6.45, 7) is 7.03. The molecule has 0 saturated carbocycles. The molecule has 1 aromatic carbocycles. The molecule has 2 rings (SSSR count). The van der Waals surface area contributed by atoms with E-state index in [1.807, 2.05) is 0 Å². The van der Waals surface area contributed by atoms with E-state index >= 15 is 0 Å². The van der Waals surface area contributed by atoms with E-state index in [1.54, 1.807) is 0 Å². The summed E-state index contributed by atoms with van der Waals surface area (Å²) in [6, 6.07) is 11.2. The zero-order chi connectivity index (χ0) is 13.7. The molecule has 2 N–H and O–H groups in total. The molecule has 1 atom stereocenters. The molecule has 0 amide bonds. The van der Waals surface area contributed by atoms with Crippen molar-refractivity contribution in [3.05, 3.63) is 30.3 Å². The van der Waals surface area contributed by atoms with Gasteiger partial charge in [0.2, 0.25) is 0 Å². The molecule has 0 aliphatic carbocycles. The molecule has 0 radical (unpaired) electrons. The Morgan fingerprint density at radius 3 is 2.42 bits per heavy atom. The van der Waals surface area contributed by atoms with Gasteiger partial charge in [0.15, 0.2) is 0 Å². The number of benzene rings is 1. The summed E-state index contributed by atoms with van der Waals surface area (Å²) in [4.78, 5) is 2.44. The maximum absolute atomic E-state index is 9.81. The van der Waals surface area contributed by atoms with Crippen LogP contribution in [0.2, 0.25) is 0 Å². The van der Waals surface area contributed by atoms with E-state index in [-0.39, 0.29) is 6.10 Å². The highest BCUT2D eigenvalue weighted by molar-refractivity contribution is 5.46. The Kier molecular flexibility index (Phi) is 5.23. The number of rotatable bonds is 5. The van der Waals surface area contributed by atoms with Crippen molar-refractivity contribution < 1.29 is 5.11 Å². The molecule has 0 aromatic heterocycles. The predicted octanol–water partition coefficient (Wildman–Crippen LogP) is 2.26. The van der Waals surface area contributed by atoms with Crippen LogP contribution in [-0.2, 0) is 0 Å². The molecule has 106 valence electrons. The quantitative estimate of drug-likeness (QED) is 0.854. The summed E-state index contributed by atoms with van der Waals surface area (Å²) in [7, 11) is 0. The van der Waals surface area contributed by atoms with Gasteiger partial charge in [0, 0.05) is 31.4 Å². The van der Waals surface area contributed by atoms with Crippen LogP contribution in [0.25, 0.3) is 0 Å². The number of nitrogens with one attached hydrogen (secondary N) is 1. The first kappa shape index (κ1) is 14.4. The van der Waals surface area contributed by atoms with Gasteiger partial charge in [-0.2, -0.15) is 0 Å². The standard InChI is InChI=1S/C16H26N2O/c1-13(2)16(19)12-17-14-8-10-18(11-9-14)15-6-4-3-5-7-15/h3-7,13-14,16-17,19H,8-12H2,1-2H3. The van der Waals surface area contributed by atoms with Crippen molar-refractivity contribution in [3.63, 3.8) is 0 Å². The summed E-state index contributed by atoms with van der Waals surface area (Å²) >= 11 is 0. The number of aliphatic hydroxyl groups is 1. The van der Waals surface area contributed by atoms with E-state index in [0.717, 1.165) is 25.9 Å². The molecule has 0 bridgehead atoms. The van der Waals surface area contributed by atoms with Gasteiger partial charge in [-0.25, -0.2) is 0 Å². The third kappa shape index (κ3) is 4.22. The second kappa shape index (κ2) is 6.92. The lowest BCUT2D eigenvalue weighted by Gasteiger charge is -2.34. The number of anilines is 1. The van der Waals surface area contributed by atoms with Gasteiger partial charge in [-0.3, -0.25) is 0 Å². The van der Waals surface area contributed by atoms with Crippen LogP contribution in [0.1, 0.15) is 26.7 Å². The van der Waals surface area contributed by atoms with Crippen molar-refractivity contribution in [2.24, 2.45) is 5.92 Å². The predicted molar refractivity (Wildman–Crippen MR) is 80.5 cm³/mol. The molecule has 3 heteroatoms. The van der Waals surface area contributed by atoms with Crippen molar-refractivity contribution in [1.82, 2.24) is 5.32 Å². The lowest BCUT2D eigenvalue weighted by atomic mass is 10.0. The Balaban J connectivity index is 1.74. The number of aliphatic hydroxyl groups excluding tert-OH is 1. The first-order chi connectivity index (χ1) is 9.16. The number of para-hydroxylation sites is 1. The smallest absolute Gasteiger partial charge is 0.0687 e. The Hall–Kier alpha value is -1.06. The van der Waals surface area contributed by atoms with Gasteiger partial charge in [-0.15, -0.1) is 0 Å². The summed E-state index contributed by atoms with van der Waals surface area (Å²) in [5, 5.41) is 13.3. The van der Waals surface area contributed by atoms with Crippen molar-refractivity contribution in [1.29, 1.82) is 0 Å². The first-order valence-corrected chi connectivity index (χ1v) is 7.38. The minimum atomic E-state index is -0.229. The van der Waals surface area contributed by atoms with Crippen LogP contribution >= 0.6 is 0 Å². The summed E-state index contributed by atoms with van der Waals surface area (Å²) in [5.41, 5.74) is 1.32. The van der Waals surface area contributed by atoms with Gasteiger partial charge in [0.25, 0.3) is 0 Å². The fourth-order valence-electron chi connectivity index (χ4n) is 2.50. The van der Waals surface area contributed by atoms with Crippen LogP contribution in [0.5, 0.6) is 0 Å². The molecule has 1 aliphatic rings. The summed E-state index contributed by atoms with van der Waals surface area (Å²) in [6.07, 6.45) is 2.08. The molecule has 1 heterocycles. The van der Waals surface area contributed by atoms with Crippen molar-refractivity contribution in [2.45, 2.75) is 38.8 Å². The van der Waals surface area contributed by atoms with Gasteiger partial charge >= 0.3 is 0 Å². The van der Waals surface area contributed by atoms with E-state index in [4.69, 9.17) is 0 Å². The Morgan fingerprint density at radius 1 is 1.21 bits per heavy atom. The van der Waals surface area contributed by atoms with Crippen LogP contribution in [0.3, 0.4) is 0 Å². The highest BCUT2D eigenvalue weighted by atomic mass is 16.3. The fourth-order valence-corrected chi connectivity index (χ4v) is 2.50. The molecule has 1 unspecified atom stereocenters. The third-order valence-corrected chi connectivity index (χ3v) is 4.00. The second-order valence-electron chi connectivity index (χ2n) is 5.82. The summed E-state index contributed by atoms with van der Waals surface area (Å²) in [5.74, 6) is 0.330. The van der Waals surface area contributed by atoms with Gasteiger partial charge in [-0.05, 0) is 30.9 Å². The third-order valence-electron chi connectivity index (χ3n) is 4.00. The largest absolute Gasteiger partial charge is 0.392 e. The fraction of sp³-hybridized carbons (Fsp3) is 0.625. The van der Waals surface area contributed by atoms with E-state index < -0.39 is 0 Å². The van der Waals surface area contributed by atoms with E-state index in [0.29, 0.717) is 18.5 Å². The number of nitrogens with zero attached hydrogens (tertiary/aromatic N) is 1.